The Morgan fingerprint density at radius 2 is 0.712 bits per heavy atom. The second-order valence-electron chi connectivity index (χ2n) is 13.7. The van der Waals surface area contributed by atoms with Gasteiger partial charge in [0.1, 0.15) is 11.2 Å². The lowest BCUT2D eigenvalue weighted by Gasteiger charge is -2.15. The van der Waals surface area contributed by atoms with Gasteiger partial charge < -0.3 is 18.1 Å². The number of benzene rings is 8. The fourth-order valence-corrected chi connectivity index (χ4v) is 8.88. The third-order valence-corrected chi connectivity index (χ3v) is 11.0. The van der Waals surface area contributed by atoms with Crippen LogP contribution in [0, 0.1) is 0 Å². The van der Waals surface area contributed by atoms with Crippen molar-refractivity contribution in [2.75, 3.05) is 0 Å². The van der Waals surface area contributed by atoms with Crippen LogP contribution in [0.15, 0.2) is 180 Å². The molecule has 4 nitrogen and oxygen atoms in total. The average molecular weight is 664 g/mol. The molecule has 0 fully saturated rings. The molecule has 12 rings (SSSR count). The Kier molecular flexibility index (Phi) is 5.47. The van der Waals surface area contributed by atoms with Crippen LogP contribution in [0.4, 0.5) is 0 Å². The van der Waals surface area contributed by atoms with Gasteiger partial charge >= 0.3 is 0 Å². The van der Waals surface area contributed by atoms with Crippen LogP contribution in [0.1, 0.15) is 0 Å². The Labute approximate surface area is 297 Å². The highest BCUT2D eigenvalue weighted by atomic mass is 16.3. The van der Waals surface area contributed by atoms with Crippen molar-refractivity contribution in [1.29, 1.82) is 0 Å². The van der Waals surface area contributed by atoms with Gasteiger partial charge in [-0.25, -0.2) is 0 Å². The van der Waals surface area contributed by atoms with Gasteiger partial charge in [-0.2, -0.15) is 0 Å². The van der Waals surface area contributed by atoms with Crippen molar-refractivity contribution in [1.82, 2.24) is 13.7 Å². The SMILES string of the molecule is c1ccc2c(c1)oc1cc(-n3c4ccccc4c4ccccc43)cc(-n3c4ccccc4c4cc(-n5c6ccccc6c6ccccc65)ccc43)c12. The van der Waals surface area contributed by atoms with Gasteiger partial charge in [0.25, 0.3) is 0 Å². The van der Waals surface area contributed by atoms with Gasteiger partial charge in [0.05, 0.1) is 49.9 Å². The molecular formula is C48H29N3O. The summed E-state index contributed by atoms with van der Waals surface area (Å²) in [5.41, 5.74) is 12.1. The molecule has 12 aromatic rings. The van der Waals surface area contributed by atoms with E-state index in [1.165, 1.54) is 54.4 Å². The molecule has 0 amide bonds. The number of hydrogen-bond acceptors (Lipinski definition) is 1. The van der Waals surface area contributed by atoms with Gasteiger partial charge in [0, 0.05) is 49.5 Å². The highest BCUT2D eigenvalue weighted by molar-refractivity contribution is 6.16. The largest absolute Gasteiger partial charge is 0.456 e. The third kappa shape index (κ3) is 3.65. The Bertz CT molecular complexity index is 3320. The first-order valence-corrected chi connectivity index (χ1v) is 17.8. The van der Waals surface area contributed by atoms with Crippen molar-refractivity contribution in [2.24, 2.45) is 0 Å². The number of para-hydroxylation sites is 6. The fraction of sp³-hybridized carbons (Fsp3) is 0. The van der Waals surface area contributed by atoms with Crippen LogP contribution in [0.5, 0.6) is 0 Å². The molecule has 52 heavy (non-hydrogen) atoms. The highest BCUT2D eigenvalue weighted by Gasteiger charge is 2.22. The predicted molar refractivity (Wildman–Crippen MR) is 217 cm³/mol. The van der Waals surface area contributed by atoms with Gasteiger partial charge in [-0.15, -0.1) is 0 Å². The number of fused-ring (bicyclic) bond motifs is 12. The summed E-state index contributed by atoms with van der Waals surface area (Å²) in [7, 11) is 0. The van der Waals surface area contributed by atoms with Crippen LogP contribution in [0.2, 0.25) is 0 Å². The van der Waals surface area contributed by atoms with Crippen molar-refractivity contribution in [3.05, 3.63) is 176 Å². The lowest BCUT2D eigenvalue weighted by atomic mass is 10.1. The molecule has 0 N–H and O–H groups in total. The summed E-state index contributed by atoms with van der Waals surface area (Å²) in [6.45, 7) is 0. The molecule has 0 atom stereocenters. The van der Waals surface area contributed by atoms with E-state index in [4.69, 9.17) is 4.42 Å². The van der Waals surface area contributed by atoms with Crippen molar-refractivity contribution in [2.45, 2.75) is 0 Å². The van der Waals surface area contributed by atoms with E-state index in [9.17, 15) is 0 Å². The Morgan fingerprint density at radius 3 is 1.27 bits per heavy atom. The molecule has 0 aliphatic heterocycles. The summed E-state index contributed by atoms with van der Waals surface area (Å²) in [5, 5.41) is 9.62. The maximum Gasteiger partial charge on any atom is 0.139 e. The summed E-state index contributed by atoms with van der Waals surface area (Å²) < 4.78 is 13.9. The molecule has 0 spiro atoms. The molecule has 4 aromatic heterocycles. The van der Waals surface area contributed by atoms with Crippen molar-refractivity contribution in [3.63, 3.8) is 0 Å². The van der Waals surface area contributed by atoms with Crippen LogP contribution < -0.4 is 0 Å². The average Bonchev–Trinajstić information content (AvgIpc) is 3.94. The normalized spacial score (nSPS) is 12.2. The molecule has 0 saturated heterocycles. The van der Waals surface area contributed by atoms with E-state index >= 15 is 0 Å². The summed E-state index contributed by atoms with van der Waals surface area (Å²) in [4.78, 5) is 0. The van der Waals surface area contributed by atoms with Gasteiger partial charge in [0.15, 0.2) is 0 Å². The molecule has 0 aliphatic carbocycles. The number of aromatic nitrogens is 3. The second kappa shape index (κ2) is 10.3. The monoisotopic (exact) mass is 663 g/mol. The third-order valence-electron chi connectivity index (χ3n) is 11.0. The van der Waals surface area contributed by atoms with E-state index in [1.54, 1.807) is 0 Å². The number of hydrogen-bond donors (Lipinski definition) is 0. The molecule has 4 heterocycles. The smallest absolute Gasteiger partial charge is 0.139 e. The number of furan rings is 1. The van der Waals surface area contributed by atoms with E-state index in [2.05, 4.69) is 190 Å². The van der Waals surface area contributed by atoms with Gasteiger partial charge in [-0.1, -0.05) is 109 Å². The van der Waals surface area contributed by atoms with E-state index in [1.807, 2.05) is 0 Å². The summed E-state index contributed by atoms with van der Waals surface area (Å²) in [6, 6.07) is 63.5. The summed E-state index contributed by atoms with van der Waals surface area (Å²) in [5.74, 6) is 0. The molecule has 0 saturated carbocycles. The maximum atomic E-state index is 6.70. The van der Waals surface area contributed by atoms with Gasteiger partial charge in [-0.05, 0) is 60.7 Å². The van der Waals surface area contributed by atoms with Gasteiger partial charge in [-0.3, -0.25) is 0 Å². The van der Waals surface area contributed by atoms with Crippen molar-refractivity contribution in [3.8, 4) is 17.1 Å². The highest BCUT2D eigenvalue weighted by Crippen LogP contribution is 2.42. The topological polar surface area (TPSA) is 27.9 Å². The molecule has 8 aromatic carbocycles. The summed E-state index contributed by atoms with van der Waals surface area (Å²) >= 11 is 0. The second-order valence-corrected chi connectivity index (χ2v) is 13.7. The predicted octanol–water partition coefficient (Wildman–Crippen LogP) is 12.9. The van der Waals surface area contributed by atoms with E-state index < -0.39 is 0 Å². The van der Waals surface area contributed by atoms with E-state index in [0.29, 0.717) is 0 Å². The number of rotatable bonds is 3. The maximum absolute atomic E-state index is 6.70. The lowest BCUT2D eigenvalue weighted by Crippen LogP contribution is -2.00. The van der Waals surface area contributed by atoms with Crippen LogP contribution in [0.25, 0.3) is 104 Å². The zero-order valence-corrected chi connectivity index (χ0v) is 28.0. The summed E-state index contributed by atoms with van der Waals surface area (Å²) in [6.07, 6.45) is 0. The quantitative estimate of drug-likeness (QED) is 0.185. The molecule has 0 unspecified atom stereocenters. The number of nitrogens with zero attached hydrogens (tertiary/aromatic N) is 3. The van der Waals surface area contributed by atoms with Gasteiger partial charge in [0.2, 0.25) is 0 Å². The van der Waals surface area contributed by atoms with Crippen molar-refractivity contribution >= 4 is 87.4 Å². The first kappa shape index (κ1) is 27.7. The van der Waals surface area contributed by atoms with E-state index in [0.717, 1.165) is 50.0 Å². The van der Waals surface area contributed by atoms with Crippen LogP contribution >= 0.6 is 0 Å². The Balaban J connectivity index is 1.20. The van der Waals surface area contributed by atoms with E-state index in [-0.39, 0.29) is 0 Å². The molecule has 0 aliphatic rings. The molecular weight excluding hydrogens is 635 g/mol. The Morgan fingerprint density at radius 1 is 0.288 bits per heavy atom. The first-order valence-electron chi connectivity index (χ1n) is 17.8. The molecule has 242 valence electrons. The molecule has 4 heteroatoms. The zero-order valence-electron chi connectivity index (χ0n) is 28.0. The standard InChI is InChI=1S/C48H29N3O/c1-7-19-39-32(13-1)33-14-2-8-20-40(33)49(39)30-25-26-44-38(27-30)36-17-5-11-23-43(36)51(44)45-28-31(29-47-48(45)37-18-6-12-24-46(37)52-47)50-41-21-9-3-15-34(41)35-16-4-10-22-42(35)50/h1-29H. The molecule has 0 radical (unpaired) electrons. The Hall–Kier alpha value is -7.04. The van der Waals surface area contributed by atoms with Crippen molar-refractivity contribution < 1.29 is 4.42 Å². The van der Waals surface area contributed by atoms with Crippen LogP contribution in [0.3, 0.4) is 0 Å². The first-order chi connectivity index (χ1) is 25.8. The van der Waals surface area contributed by atoms with Crippen LogP contribution in [-0.4, -0.2) is 13.7 Å². The van der Waals surface area contributed by atoms with Crippen LogP contribution in [-0.2, 0) is 0 Å². The minimum Gasteiger partial charge on any atom is -0.456 e. The lowest BCUT2D eigenvalue weighted by molar-refractivity contribution is 0.668. The minimum atomic E-state index is 0.864. The fourth-order valence-electron chi connectivity index (χ4n) is 8.88. The minimum absolute atomic E-state index is 0.864. The molecule has 0 bridgehead atoms. The zero-order chi connectivity index (χ0) is 33.9.